The van der Waals surface area contributed by atoms with Gasteiger partial charge in [-0.15, -0.1) is 0 Å². The molecule has 0 unspecified atom stereocenters. The van der Waals surface area contributed by atoms with Crippen molar-refractivity contribution in [3.63, 3.8) is 0 Å². The Morgan fingerprint density at radius 1 is 1.23 bits per heavy atom. The summed E-state index contributed by atoms with van der Waals surface area (Å²) in [5.41, 5.74) is 5.48. The summed E-state index contributed by atoms with van der Waals surface area (Å²) in [6.07, 6.45) is 17.8. The van der Waals surface area contributed by atoms with E-state index in [0.29, 0.717) is 6.61 Å². The molecular weight excluding hydrogens is 320 g/mol. The molecule has 0 saturated carbocycles. The van der Waals surface area contributed by atoms with Gasteiger partial charge >= 0.3 is 5.97 Å². The van der Waals surface area contributed by atoms with Crippen LogP contribution in [-0.4, -0.2) is 12.6 Å². The van der Waals surface area contributed by atoms with Crippen LogP contribution in [0.15, 0.2) is 58.7 Å². The molecule has 0 saturated heterocycles. The molecule has 0 fully saturated rings. The molecule has 26 heavy (non-hydrogen) atoms. The maximum absolute atomic E-state index is 11.6. The van der Waals surface area contributed by atoms with Crippen LogP contribution in [0.1, 0.15) is 73.6 Å². The lowest BCUT2D eigenvalue weighted by molar-refractivity contribution is -0.137. The average Bonchev–Trinajstić information content (AvgIpc) is 2.54. The van der Waals surface area contributed by atoms with Crippen molar-refractivity contribution >= 4 is 5.97 Å². The van der Waals surface area contributed by atoms with Crippen molar-refractivity contribution in [2.45, 2.75) is 73.6 Å². The molecule has 1 aliphatic carbocycles. The SMILES string of the molecule is CCCC(/C=C/C=C(C)/C=C/C1=C(C)CCCC1(C)C)=C\C(=O)OCC. The summed E-state index contributed by atoms with van der Waals surface area (Å²) in [5, 5.41) is 0. The Hall–Kier alpha value is -1.83. The lowest BCUT2D eigenvalue weighted by atomic mass is 9.72. The van der Waals surface area contributed by atoms with Gasteiger partial charge in [0.2, 0.25) is 0 Å². The fourth-order valence-corrected chi connectivity index (χ4v) is 3.43. The highest BCUT2D eigenvalue weighted by Crippen LogP contribution is 2.40. The molecule has 0 radical (unpaired) electrons. The minimum atomic E-state index is -0.261. The first-order valence-electron chi connectivity index (χ1n) is 9.90. The van der Waals surface area contributed by atoms with Gasteiger partial charge in [0.15, 0.2) is 0 Å². The number of carbonyl (C=O) groups is 1. The number of rotatable bonds is 8. The number of hydrogen-bond acceptors (Lipinski definition) is 2. The normalized spacial score (nSPS) is 18.8. The second-order valence-electron chi connectivity index (χ2n) is 7.76. The van der Waals surface area contributed by atoms with Crippen molar-refractivity contribution in [2.75, 3.05) is 6.61 Å². The third kappa shape index (κ3) is 7.59. The predicted molar refractivity (Wildman–Crippen MR) is 112 cm³/mol. The molecule has 0 atom stereocenters. The van der Waals surface area contributed by atoms with E-state index in [9.17, 15) is 4.79 Å². The van der Waals surface area contributed by atoms with Crippen LogP contribution in [0.4, 0.5) is 0 Å². The molecule has 0 heterocycles. The summed E-state index contributed by atoms with van der Waals surface area (Å²) in [6, 6.07) is 0. The van der Waals surface area contributed by atoms with Gasteiger partial charge < -0.3 is 4.74 Å². The minimum absolute atomic E-state index is 0.261. The topological polar surface area (TPSA) is 26.3 Å². The Balaban J connectivity index is 2.82. The Bertz CT molecular complexity index is 625. The van der Waals surface area contributed by atoms with Gasteiger partial charge in [0, 0.05) is 6.08 Å². The Kier molecular flexibility index (Phi) is 9.40. The van der Waals surface area contributed by atoms with E-state index in [4.69, 9.17) is 4.74 Å². The molecule has 2 heteroatoms. The summed E-state index contributed by atoms with van der Waals surface area (Å²) in [4.78, 5) is 11.6. The smallest absolute Gasteiger partial charge is 0.331 e. The lowest BCUT2D eigenvalue weighted by Crippen LogP contribution is -2.19. The molecule has 0 aromatic carbocycles. The van der Waals surface area contributed by atoms with E-state index in [1.165, 1.54) is 36.0 Å². The molecule has 2 nitrogen and oxygen atoms in total. The molecule has 0 amide bonds. The summed E-state index contributed by atoms with van der Waals surface area (Å²) in [7, 11) is 0. The van der Waals surface area contributed by atoms with Crippen LogP contribution < -0.4 is 0 Å². The molecule has 0 spiro atoms. The molecule has 0 aromatic rings. The number of carbonyl (C=O) groups excluding carboxylic acids is 1. The second-order valence-corrected chi connectivity index (χ2v) is 7.76. The highest BCUT2D eigenvalue weighted by atomic mass is 16.5. The van der Waals surface area contributed by atoms with E-state index in [1.54, 1.807) is 6.08 Å². The van der Waals surface area contributed by atoms with Crippen LogP contribution in [0.3, 0.4) is 0 Å². The second kappa shape index (κ2) is 11.0. The molecule has 1 rings (SSSR count). The number of esters is 1. The number of hydrogen-bond donors (Lipinski definition) is 0. The quantitative estimate of drug-likeness (QED) is 0.270. The first kappa shape index (κ1) is 22.2. The molecule has 0 bridgehead atoms. The Labute approximate surface area is 160 Å². The zero-order chi connectivity index (χ0) is 19.6. The van der Waals surface area contributed by atoms with Gasteiger partial charge in [0.25, 0.3) is 0 Å². The number of allylic oxidation sites excluding steroid dienone is 9. The summed E-state index contributed by atoms with van der Waals surface area (Å²) < 4.78 is 5.00. The van der Waals surface area contributed by atoms with Gasteiger partial charge in [-0.1, -0.05) is 68.7 Å². The van der Waals surface area contributed by atoms with Crippen molar-refractivity contribution in [3.05, 3.63) is 58.7 Å². The van der Waals surface area contributed by atoms with Gasteiger partial charge in [0.1, 0.15) is 0 Å². The monoisotopic (exact) mass is 356 g/mol. The van der Waals surface area contributed by atoms with Crippen molar-refractivity contribution in [3.8, 4) is 0 Å². The van der Waals surface area contributed by atoms with Crippen LogP contribution in [0.25, 0.3) is 0 Å². The van der Waals surface area contributed by atoms with Crippen molar-refractivity contribution < 1.29 is 9.53 Å². The Morgan fingerprint density at radius 2 is 1.96 bits per heavy atom. The first-order chi connectivity index (χ1) is 12.3. The van der Waals surface area contributed by atoms with Crippen molar-refractivity contribution in [2.24, 2.45) is 5.41 Å². The van der Waals surface area contributed by atoms with E-state index in [0.717, 1.165) is 18.4 Å². The summed E-state index contributed by atoms with van der Waals surface area (Å²) >= 11 is 0. The van der Waals surface area contributed by atoms with E-state index < -0.39 is 0 Å². The van der Waals surface area contributed by atoms with Gasteiger partial charge in [-0.3, -0.25) is 0 Å². The third-order valence-corrected chi connectivity index (χ3v) is 4.85. The van der Waals surface area contributed by atoms with Gasteiger partial charge in [-0.2, -0.15) is 0 Å². The standard InChI is InChI=1S/C24H36O2/c1-7-11-21(18-23(25)26-8-2)14-9-12-19(3)15-16-22-20(4)13-10-17-24(22,5)6/h9,12,14-16,18H,7-8,10-11,13,17H2,1-6H3/b14-9+,16-15+,19-12+,21-18+. The Morgan fingerprint density at radius 3 is 2.58 bits per heavy atom. The molecule has 0 N–H and O–H groups in total. The van der Waals surface area contributed by atoms with Crippen molar-refractivity contribution in [1.82, 2.24) is 0 Å². The minimum Gasteiger partial charge on any atom is -0.463 e. The van der Waals surface area contributed by atoms with Gasteiger partial charge in [-0.25, -0.2) is 4.79 Å². The summed E-state index contributed by atoms with van der Waals surface area (Å²) in [6.45, 7) is 13.4. The number of ether oxygens (including phenoxy) is 1. The first-order valence-corrected chi connectivity index (χ1v) is 9.90. The van der Waals surface area contributed by atoms with E-state index in [-0.39, 0.29) is 11.4 Å². The predicted octanol–water partition coefficient (Wildman–Crippen LogP) is 6.86. The zero-order valence-corrected chi connectivity index (χ0v) is 17.5. The maximum atomic E-state index is 11.6. The highest BCUT2D eigenvalue weighted by Gasteiger charge is 2.26. The molecule has 0 aliphatic heterocycles. The largest absolute Gasteiger partial charge is 0.463 e. The van der Waals surface area contributed by atoms with E-state index in [2.05, 4.69) is 52.8 Å². The molecule has 1 aliphatic rings. The summed E-state index contributed by atoms with van der Waals surface area (Å²) in [5.74, 6) is -0.261. The maximum Gasteiger partial charge on any atom is 0.331 e. The van der Waals surface area contributed by atoms with Crippen LogP contribution in [0, 0.1) is 5.41 Å². The molecule has 0 aromatic heterocycles. The van der Waals surface area contributed by atoms with Crippen molar-refractivity contribution in [1.29, 1.82) is 0 Å². The van der Waals surface area contributed by atoms with Crippen LogP contribution in [0.5, 0.6) is 0 Å². The fraction of sp³-hybridized carbons (Fsp3) is 0.542. The average molecular weight is 357 g/mol. The van der Waals surface area contributed by atoms with Crippen LogP contribution in [0.2, 0.25) is 0 Å². The fourth-order valence-electron chi connectivity index (χ4n) is 3.43. The highest BCUT2D eigenvalue weighted by molar-refractivity contribution is 5.83. The third-order valence-electron chi connectivity index (χ3n) is 4.85. The van der Waals surface area contributed by atoms with Gasteiger partial charge in [0.05, 0.1) is 6.61 Å². The van der Waals surface area contributed by atoms with E-state index in [1.807, 2.05) is 19.1 Å². The van der Waals surface area contributed by atoms with Crippen LogP contribution >= 0.6 is 0 Å². The zero-order valence-electron chi connectivity index (χ0n) is 17.5. The molecule has 144 valence electrons. The van der Waals surface area contributed by atoms with Gasteiger partial charge in [-0.05, 0) is 63.0 Å². The molecular formula is C24H36O2. The van der Waals surface area contributed by atoms with E-state index >= 15 is 0 Å². The lowest BCUT2D eigenvalue weighted by Gasteiger charge is -2.32. The van der Waals surface area contributed by atoms with Crippen LogP contribution in [-0.2, 0) is 9.53 Å².